The van der Waals surface area contributed by atoms with Crippen LogP contribution in [0.4, 0.5) is 13.2 Å². The molecule has 11 heteroatoms. The minimum atomic E-state index is -4.72. The number of alkyl halides is 3. The Morgan fingerprint density at radius 2 is 1.60 bits per heavy atom. The van der Waals surface area contributed by atoms with Crippen LogP contribution in [-0.4, -0.2) is 31.6 Å². The Morgan fingerprint density at radius 1 is 1.03 bits per heavy atom. The summed E-state index contributed by atoms with van der Waals surface area (Å²) in [5.41, 5.74) is -2.52. The van der Waals surface area contributed by atoms with Crippen LogP contribution >= 0.6 is 0 Å². The van der Waals surface area contributed by atoms with E-state index in [1.807, 2.05) is 0 Å². The van der Waals surface area contributed by atoms with Gasteiger partial charge in [0.2, 0.25) is 15.9 Å². The second kappa shape index (κ2) is 7.58. The van der Waals surface area contributed by atoms with Crippen LogP contribution in [0.15, 0.2) is 65.6 Å². The van der Waals surface area contributed by atoms with Gasteiger partial charge in [-0.15, -0.1) is 0 Å². The van der Waals surface area contributed by atoms with E-state index in [0.29, 0.717) is 5.56 Å². The summed E-state index contributed by atoms with van der Waals surface area (Å²) in [5, 5.41) is 13.3. The fourth-order valence-electron chi connectivity index (χ4n) is 3.29. The van der Waals surface area contributed by atoms with Gasteiger partial charge in [-0.2, -0.15) is 18.3 Å². The number of nitrogens with zero attached hydrogens (tertiary/aromatic N) is 1. The van der Waals surface area contributed by atoms with Crippen molar-refractivity contribution in [2.75, 3.05) is 7.05 Å². The van der Waals surface area contributed by atoms with Gasteiger partial charge < -0.3 is 5.32 Å². The number of H-pyrrole nitrogens is 1. The zero-order chi connectivity index (χ0) is 22.2. The standard InChI is InChI=1S/C19H17F3N4O3S/c1-24-17(27)18(12-5-3-2-4-6-12,15-11-16(26-25-15)19(20,21)22)13-7-9-14(10-8-13)30(23,28)29/h2-11H,1H3,(H,24,27)(H,25,26)(H2,23,28,29). The number of carbonyl (C=O) groups is 1. The molecular weight excluding hydrogens is 421 g/mol. The number of amides is 1. The van der Waals surface area contributed by atoms with Crippen LogP contribution in [0.25, 0.3) is 0 Å². The number of likely N-dealkylation sites (N-methyl/N-ethyl adjacent to an activating group) is 1. The third-order valence-electron chi connectivity index (χ3n) is 4.66. The number of aromatic amines is 1. The summed E-state index contributed by atoms with van der Waals surface area (Å²) in [4.78, 5) is 13.0. The highest BCUT2D eigenvalue weighted by Gasteiger charge is 2.47. The number of rotatable bonds is 5. The van der Waals surface area contributed by atoms with E-state index < -0.39 is 33.2 Å². The summed E-state index contributed by atoms with van der Waals surface area (Å²) in [6.07, 6.45) is -4.72. The number of hydrogen-bond acceptors (Lipinski definition) is 4. The largest absolute Gasteiger partial charge is 0.435 e. The highest BCUT2D eigenvalue weighted by atomic mass is 32.2. The van der Waals surface area contributed by atoms with Crippen LogP contribution in [0, 0.1) is 0 Å². The number of primary sulfonamides is 1. The zero-order valence-corrected chi connectivity index (χ0v) is 16.4. The van der Waals surface area contributed by atoms with Crippen molar-refractivity contribution in [2.45, 2.75) is 16.5 Å². The summed E-state index contributed by atoms with van der Waals surface area (Å²) in [6, 6.07) is 13.9. The van der Waals surface area contributed by atoms with E-state index in [-0.39, 0.29) is 16.2 Å². The quantitative estimate of drug-likeness (QED) is 0.566. The molecule has 0 aliphatic carbocycles. The summed E-state index contributed by atoms with van der Waals surface area (Å²) >= 11 is 0. The predicted molar refractivity (Wildman–Crippen MR) is 102 cm³/mol. The number of carbonyl (C=O) groups excluding carboxylic acids is 1. The smallest absolute Gasteiger partial charge is 0.358 e. The third kappa shape index (κ3) is 3.68. The average molecular weight is 438 g/mol. The van der Waals surface area contributed by atoms with Gasteiger partial charge in [-0.25, -0.2) is 13.6 Å². The second-order valence-corrected chi connectivity index (χ2v) is 7.99. The van der Waals surface area contributed by atoms with Crippen molar-refractivity contribution >= 4 is 15.9 Å². The maximum atomic E-state index is 13.2. The summed E-state index contributed by atoms with van der Waals surface area (Å²) in [5.74, 6) is -0.644. The maximum Gasteiger partial charge on any atom is 0.435 e. The molecule has 0 aliphatic rings. The lowest BCUT2D eigenvalue weighted by molar-refractivity contribution is -0.141. The molecule has 158 valence electrons. The lowest BCUT2D eigenvalue weighted by Gasteiger charge is -2.32. The molecule has 7 nitrogen and oxygen atoms in total. The fraction of sp³-hybridized carbons (Fsp3) is 0.158. The Labute approximate surface area is 170 Å². The molecule has 2 aromatic carbocycles. The van der Waals surface area contributed by atoms with E-state index >= 15 is 0 Å². The minimum Gasteiger partial charge on any atom is -0.358 e. The van der Waals surface area contributed by atoms with Crippen molar-refractivity contribution in [2.24, 2.45) is 5.14 Å². The number of halogens is 3. The van der Waals surface area contributed by atoms with Crippen LogP contribution in [0.2, 0.25) is 0 Å². The van der Waals surface area contributed by atoms with E-state index in [2.05, 4.69) is 15.5 Å². The molecule has 4 N–H and O–H groups in total. The van der Waals surface area contributed by atoms with Crippen LogP contribution in [-0.2, 0) is 26.4 Å². The first-order valence-corrected chi connectivity index (χ1v) is 10.1. The van der Waals surface area contributed by atoms with E-state index in [1.54, 1.807) is 30.3 Å². The van der Waals surface area contributed by atoms with Gasteiger partial charge in [0.25, 0.3) is 0 Å². The number of aromatic nitrogens is 2. The molecule has 0 aliphatic heterocycles. The fourth-order valence-corrected chi connectivity index (χ4v) is 3.81. The highest BCUT2D eigenvalue weighted by Crippen LogP contribution is 2.40. The van der Waals surface area contributed by atoms with Crippen molar-refractivity contribution in [3.8, 4) is 0 Å². The molecule has 0 spiro atoms. The monoisotopic (exact) mass is 438 g/mol. The maximum absolute atomic E-state index is 13.2. The Balaban J connectivity index is 2.35. The summed E-state index contributed by atoms with van der Waals surface area (Å²) < 4.78 is 62.8. The molecule has 1 heterocycles. The van der Waals surface area contributed by atoms with Crippen molar-refractivity contribution < 1.29 is 26.4 Å². The minimum absolute atomic E-state index is 0.135. The molecule has 0 saturated heterocycles. The number of hydrogen-bond donors (Lipinski definition) is 3. The molecule has 0 fully saturated rings. The lowest BCUT2D eigenvalue weighted by Crippen LogP contribution is -2.45. The highest BCUT2D eigenvalue weighted by molar-refractivity contribution is 7.89. The van der Waals surface area contributed by atoms with Crippen molar-refractivity contribution in [3.05, 3.63) is 83.2 Å². The molecule has 3 aromatic rings. The first kappa shape index (κ1) is 21.5. The van der Waals surface area contributed by atoms with Crippen LogP contribution in [0.3, 0.4) is 0 Å². The van der Waals surface area contributed by atoms with Gasteiger partial charge in [0.15, 0.2) is 5.69 Å². The average Bonchev–Trinajstić information content (AvgIpc) is 3.20. The molecule has 1 unspecified atom stereocenters. The Bertz CT molecular complexity index is 1160. The van der Waals surface area contributed by atoms with Gasteiger partial charge in [-0.3, -0.25) is 9.89 Å². The number of nitrogens with one attached hydrogen (secondary N) is 2. The molecule has 30 heavy (non-hydrogen) atoms. The number of nitrogens with two attached hydrogens (primary N) is 1. The number of sulfonamides is 1. The zero-order valence-electron chi connectivity index (χ0n) is 15.6. The molecule has 1 aromatic heterocycles. The molecule has 0 bridgehead atoms. The van der Waals surface area contributed by atoms with Crippen molar-refractivity contribution in [1.29, 1.82) is 0 Å². The van der Waals surface area contributed by atoms with Crippen LogP contribution in [0.1, 0.15) is 22.5 Å². The van der Waals surface area contributed by atoms with Gasteiger partial charge in [-0.05, 0) is 29.3 Å². The molecule has 1 amide bonds. The molecule has 0 radical (unpaired) electrons. The van der Waals surface area contributed by atoms with Gasteiger partial charge in [0, 0.05) is 7.05 Å². The second-order valence-electron chi connectivity index (χ2n) is 6.43. The normalized spacial score (nSPS) is 14.2. The summed E-state index contributed by atoms with van der Waals surface area (Å²) in [6.45, 7) is 0. The van der Waals surface area contributed by atoms with E-state index in [4.69, 9.17) is 5.14 Å². The molecular formula is C19H17F3N4O3S. The van der Waals surface area contributed by atoms with Gasteiger partial charge in [0.1, 0.15) is 5.41 Å². The van der Waals surface area contributed by atoms with Gasteiger partial charge >= 0.3 is 6.18 Å². The molecule has 3 rings (SSSR count). The van der Waals surface area contributed by atoms with Crippen molar-refractivity contribution in [1.82, 2.24) is 15.5 Å². The SMILES string of the molecule is CNC(=O)C(c1ccccc1)(c1ccc(S(N)(=O)=O)cc1)c1cc(C(F)(F)F)n[nH]1. The van der Waals surface area contributed by atoms with Crippen molar-refractivity contribution in [3.63, 3.8) is 0 Å². The van der Waals surface area contributed by atoms with Crippen LogP contribution in [0.5, 0.6) is 0 Å². The number of benzene rings is 2. The Kier molecular flexibility index (Phi) is 5.44. The Hall–Kier alpha value is -3.18. The molecule has 0 saturated carbocycles. The Morgan fingerprint density at radius 3 is 2.07 bits per heavy atom. The first-order valence-electron chi connectivity index (χ1n) is 8.55. The summed E-state index contributed by atoms with van der Waals surface area (Å²) in [7, 11) is -2.66. The predicted octanol–water partition coefficient (Wildman–Crippen LogP) is 2.16. The van der Waals surface area contributed by atoms with Gasteiger partial charge in [-0.1, -0.05) is 42.5 Å². The first-order chi connectivity index (χ1) is 14.0. The molecule has 1 atom stereocenters. The topological polar surface area (TPSA) is 118 Å². The van der Waals surface area contributed by atoms with Crippen LogP contribution < -0.4 is 10.5 Å². The van der Waals surface area contributed by atoms with E-state index in [0.717, 1.165) is 6.07 Å². The van der Waals surface area contributed by atoms with E-state index in [1.165, 1.54) is 31.3 Å². The van der Waals surface area contributed by atoms with E-state index in [9.17, 15) is 26.4 Å². The third-order valence-corrected chi connectivity index (χ3v) is 5.59. The van der Waals surface area contributed by atoms with Gasteiger partial charge in [0.05, 0.1) is 10.6 Å². The lowest BCUT2D eigenvalue weighted by atomic mass is 9.71.